The number of benzene rings is 2. The predicted octanol–water partition coefficient (Wildman–Crippen LogP) is 4.35. The summed E-state index contributed by atoms with van der Waals surface area (Å²) in [5.41, 5.74) is 3.34. The van der Waals surface area contributed by atoms with Crippen molar-refractivity contribution in [1.29, 1.82) is 0 Å². The smallest absolute Gasteiger partial charge is 0.258 e. The molecule has 146 valence electrons. The van der Waals surface area contributed by atoms with Gasteiger partial charge in [0.25, 0.3) is 5.91 Å². The minimum atomic E-state index is -0.158. The molecule has 0 spiro atoms. The number of hydrogen-bond donors (Lipinski definition) is 0. The Kier molecular flexibility index (Phi) is 6.37. The highest BCUT2D eigenvalue weighted by atomic mass is 35.5. The number of likely N-dealkylation sites (N-methyl/N-ethyl adjacent to an activating group) is 1. The molecule has 0 atom stereocenters. The van der Waals surface area contributed by atoms with E-state index < -0.39 is 0 Å². The number of carbonyl (C=O) groups is 1. The molecule has 0 saturated heterocycles. The summed E-state index contributed by atoms with van der Waals surface area (Å²) in [6, 6.07) is 17.7. The lowest BCUT2D eigenvalue weighted by Gasteiger charge is -2.17. The van der Waals surface area contributed by atoms with E-state index in [0.717, 1.165) is 11.3 Å². The first-order chi connectivity index (χ1) is 13.5. The Bertz CT molecular complexity index is 936. The van der Waals surface area contributed by atoms with E-state index in [9.17, 15) is 4.79 Å². The molecule has 0 unspecified atom stereocenters. The van der Waals surface area contributed by atoms with Gasteiger partial charge >= 0.3 is 0 Å². The second-order valence-corrected chi connectivity index (χ2v) is 7.14. The Hall–Kier alpha value is -2.79. The number of hydrogen-bond acceptors (Lipinski definition) is 3. The minimum Gasteiger partial charge on any atom is -0.492 e. The summed E-state index contributed by atoms with van der Waals surface area (Å²) < 4.78 is 7.34. The van der Waals surface area contributed by atoms with Crippen LogP contribution in [0.25, 0.3) is 0 Å². The average Bonchev–Trinajstić information content (AvgIpc) is 2.97. The molecular weight excluding hydrogens is 374 g/mol. The minimum absolute atomic E-state index is 0.158. The topological polar surface area (TPSA) is 47.4 Å². The fourth-order valence-electron chi connectivity index (χ4n) is 2.88. The number of para-hydroxylation sites is 1. The van der Waals surface area contributed by atoms with E-state index >= 15 is 0 Å². The van der Waals surface area contributed by atoms with Gasteiger partial charge in [0, 0.05) is 7.05 Å². The Morgan fingerprint density at radius 2 is 1.79 bits per heavy atom. The van der Waals surface area contributed by atoms with Crippen LogP contribution in [0.2, 0.25) is 5.15 Å². The summed E-state index contributed by atoms with van der Waals surface area (Å²) in [4.78, 5) is 14.5. The fraction of sp³-hybridized carbons (Fsp3) is 0.273. The van der Waals surface area contributed by atoms with Crippen molar-refractivity contribution < 1.29 is 9.53 Å². The van der Waals surface area contributed by atoms with Crippen molar-refractivity contribution in [3.63, 3.8) is 0 Å². The number of ether oxygens (including phenoxy) is 1. The van der Waals surface area contributed by atoms with Gasteiger partial charge in [-0.05, 0) is 31.5 Å². The third-order valence-electron chi connectivity index (χ3n) is 4.52. The Labute approximate surface area is 170 Å². The molecule has 0 aliphatic rings. The number of carbonyl (C=O) groups excluding carboxylic acids is 1. The van der Waals surface area contributed by atoms with Crippen LogP contribution in [-0.2, 0) is 6.54 Å². The number of aromatic nitrogens is 2. The molecule has 3 aromatic rings. The maximum absolute atomic E-state index is 12.9. The normalized spacial score (nSPS) is 10.7. The molecule has 0 aliphatic carbocycles. The first-order valence-electron chi connectivity index (χ1n) is 9.17. The Morgan fingerprint density at radius 3 is 2.46 bits per heavy atom. The lowest BCUT2D eigenvalue weighted by atomic mass is 10.1. The summed E-state index contributed by atoms with van der Waals surface area (Å²) in [7, 11) is 1.74. The summed E-state index contributed by atoms with van der Waals surface area (Å²) in [6.45, 7) is 5.23. The molecule has 0 radical (unpaired) electrons. The first-order valence-corrected chi connectivity index (χ1v) is 9.55. The van der Waals surface area contributed by atoms with Gasteiger partial charge in [-0.15, -0.1) is 0 Å². The molecule has 0 aliphatic heterocycles. The third-order valence-corrected chi connectivity index (χ3v) is 4.90. The van der Waals surface area contributed by atoms with E-state index in [1.54, 1.807) is 23.6 Å². The zero-order valence-electron chi connectivity index (χ0n) is 16.4. The fourth-order valence-corrected chi connectivity index (χ4v) is 3.19. The summed E-state index contributed by atoms with van der Waals surface area (Å²) in [5.74, 6) is 0.623. The van der Waals surface area contributed by atoms with Crippen LogP contribution in [0.4, 0.5) is 0 Å². The van der Waals surface area contributed by atoms with E-state index in [-0.39, 0.29) is 5.91 Å². The van der Waals surface area contributed by atoms with Crippen LogP contribution in [-0.4, -0.2) is 40.8 Å². The number of aryl methyl sites for hydroxylation is 2. The van der Waals surface area contributed by atoms with Gasteiger partial charge < -0.3 is 9.64 Å². The molecule has 1 amide bonds. The van der Waals surface area contributed by atoms with Crippen LogP contribution in [0.15, 0.2) is 54.6 Å². The van der Waals surface area contributed by atoms with Crippen molar-refractivity contribution in [3.05, 3.63) is 82.1 Å². The maximum atomic E-state index is 12.9. The largest absolute Gasteiger partial charge is 0.492 e. The SMILES string of the molecule is Cc1ccc(Cn2nc(C)c(C(=O)N(C)CCOc3ccccc3)c2Cl)cc1. The van der Waals surface area contributed by atoms with E-state index in [0.29, 0.717) is 36.1 Å². The van der Waals surface area contributed by atoms with Crippen molar-refractivity contribution in [2.24, 2.45) is 0 Å². The van der Waals surface area contributed by atoms with Gasteiger partial charge in [-0.3, -0.25) is 4.79 Å². The van der Waals surface area contributed by atoms with Crippen LogP contribution < -0.4 is 4.74 Å². The Balaban J connectivity index is 1.65. The standard InChI is InChI=1S/C22H24ClN3O2/c1-16-9-11-18(12-10-16)15-26-21(23)20(17(2)24-26)22(27)25(3)13-14-28-19-7-5-4-6-8-19/h4-12H,13-15H2,1-3H3. The lowest BCUT2D eigenvalue weighted by Crippen LogP contribution is -2.31. The maximum Gasteiger partial charge on any atom is 0.258 e. The van der Waals surface area contributed by atoms with Crippen molar-refractivity contribution >= 4 is 17.5 Å². The van der Waals surface area contributed by atoms with Gasteiger partial charge in [-0.2, -0.15) is 5.10 Å². The van der Waals surface area contributed by atoms with Gasteiger partial charge in [0.1, 0.15) is 17.5 Å². The van der Waals surface area contributed by atoms with Crippen molar-refractivity contribution in [2.75, 3.05) is 20.2 Å². The summed E-state index contributed by atoms with van der Waals surface area (Å²) >= 11 is 6.50. The van der Waals surface area contributed by atoms with E-state index in [2.05, 4.69) is 5.10 Å². The molecule has 0 fully saturated rings. The van der Waals surface area contributed by atoms with Crippen molar-refractivity contribution in [2.45, 2.75) is 20.4 Å². The van der Waals surface area contributed by atoms with Crippen molar-refractivity contribution in [3.8, 4) is 5.75 Å². The zero-order chi connectivity index (χ0) is 20.1. The Morgan fingerprint density at radius 1 is 1.11 bits per heavy atom. The number of nitrogens with zero attached hydrogens (tertiary/aromatic N) is 3. The highest BCUT2D eigenvalue weighted by Crippen LogP contribution is 2.22. The molecule has 0 bridgehead atoms. The quantitative estimate of drug-likeness (QED) is 0.595. The monoisotopic (exact) mass is 397 g/mol. The van der Waals surface area contributed by atoms with Crippen LogP contribution in [0.1, 0.15) is 27.2 Å². The molecule has 3 rings (SSSR count). The molecule has 6 heteroatoms. The molecule has 1 aromatic heterocycles. The third kappa shape index (κ3) is 4.73. The molecule has 0 N–H and O–H groups in total. The van der Waals surface area contributed by atoms with E-state index in [1.165, 1.54) is 5.56 Å². The second kappa shape index (κ2) is 8.93. The van der Waals surface area contributed by atoms with Gasteiger partial charge in [-0.1, -0.05) is 59.6 Å². The van der Waals surface area contributed by atoms with Gasteiger partial charge in [-0.25, -0.2) is 4.68 Å². The average molecular weight is 398 g/mol. The molecule has 5 nitrogen and oxygen atoms in total. The molecular formula is C22H24ClN3O2. The van der Waals surface area contributed by atoms with Crippen LogP contribution in [0.5, 0.6) is 5.75 Å². The van der Waals surface area contributed by atoms with Gasteiger partial charge in [0.15, 0.2) is 0 Å². The molecule has 1 heterocycles. The first kappa shape index (κ1) is 20.0. The number of rotatable bonds is 7. The highest BCUT2D eigenvalue weighted by Gasteiger charge is 2.23. The number of amides is 1. The second-order valence-electron chi connectivity index (χ2n) is 6.78. The summed E-state index contributed by atoms with van der Waals surface area (Å²) in [5, 5.41) is 4.83. The number of halogens is 1. The van der Waals surface area contributed by atoms with E-state index in [4.69, 9.17) is 16.3 Å². The van der Waals surface area contributed by atoms with Crippen LogP contribution >= 0.6 is 11.6 Å². The highest BCUT2D eigenvalue weighted by molar-refractivity contribution is 6.33. The van der Waals surface area contributed by atoms with Crippen molar-refractivity contribution in [1.82, 2.24) is 14.7 Å². The van der Waals surface area contributed by atoms with E-state index in [1.807, 2.05) is 61.5 Å². The van der Waals surface area contributed by atoms with Crippen LogP contribution in [0.3, 0.4) is 0 Å². The molecule has 28 heavy (non-hydrogen) atoms. The lowest BCUT2D eigenvalue weighted by molar-refractivity contribution is 0.0773. The predicted molar refractivity (Wildman–Crippen MR) is 111 cm³/mol. The summed E-state index contributed by atoms with van der Waals surface area (Å²) in [6.07, 6.45) is 0. The zero-order valence-corrected chi connectivity index (χ0v) is 17.1. The van der Waals surface area contributed by atoms with Crippen LogP contribution in [0, 0.1) is 13.8 Å². The van der Waals surface area contributed by atoms with Gasteiger partial charge in [0.2, 0.25) is 0 Å². The molecule has 2 aromatic carbocycles. The van der Waals surface area contributed by atoms with Gasteiger partial charge in [0.05, 0.1) is 24.3 Å². The molecule has 0 saturated carbocycles.